The van der Waals surface area contributed by atoms with E-state index in [1.165, 1.54) is 19.3 Å². The van der Waals surface area contributed by atoms with Gasteiger partial charge in [-0.05, 0) is 55.1 Å². The second-order valence-corrected chi connectivity index (χ2v) is 7.54. The van der Waals surface area contributed by atoms with Crippen molar-refractivity contribution in [3.63, 3.8) is 0 Å². The first-order valence-corrected chi connectivity index (χ1v) is 7.87. The Morgan fingerprint density at radius 3 is 2.71 bits per heavy atom. The summed E-state index contributed by atoms with van der Waals surface area (Å²) >= 11 is 0. The number of nitrogens with zero attached hydrogens (tertiary/aromatic N) is 4. The van der Waals surface area contributed by atoms with E-state index >= 15 is 0 Å². The Morgan fingerprint density at radius 1 is 1.24 bits per heavy atom. The van der Waals surface area contributed by atoms with E-state index in [-0.39, 0.29) is 0 Å². The molecule has 112 valence electrons. The van der Waals surface area contributed by atoms with Crippen LogP contribution in [-0.4, -0.2) is 25.9 Å². The van der Waals surface area contributed by atoms with Crippen molar-refractivity contribution in [3.05, 3.63) is 18.0 Å². The highest BCUT2D eigenvalue weighted by Gasteiger charge is 2.61. The van der Waals surface area contributed by atoms with Gasteiger partial charge in [-0.25, -0.2) is 0 Å². The number of hydrogen-bond donors (Lipinski definition) is 1. The Kier molecular flexibility index (Phi) is 2.46. The number of aryl methyl sites for hydroxylation is 1. The second-order valence-electron chi connectivity index (χ2n) is 7.54. The monoisotopic (exact) mass is 285 g/mol. The van der Waals surface area contributed by atoms with Gasteiger partial charge in [-0.15, -0.1) is 15.3 Å². The number of hydrogen-bond acceptors (Lipinski definition) is 4. The third-order valence-corrected chi connectivity index (χ3v) is 6.53. The van der Waals surface area contributed by atoms with Crippen LogP contribution in [0.1, 0.15) is 45.9 Å². The molecule has 2 aromatic heterocycles. The summed E-state index contributed by atoms with van der Waals surface area (Å²) in [4.78, 5) is 0. The number of fused-ring (bicyclic) bond motifs is 3. The third kappa shape index (κ3) is 1.60. The van der Waals surface area contributed by atoms with Crippen LogP contribution in [0, 0.1) is 23.7 Å². The lowest BCUT2D eigenvalue weighted by molar-refractivity contribution is 0.142. The van der Waals surface area contributed by atoms with E-state index in [1.54, 1.807) is 0 Å². The summed E-state index contributed by atoms with van der Waals surface area (Å²) in [6.07, 6.45) is 3.94. The maximum absolute atomic E-state index is 4.64. The van der Waals surface area contributed by atoms with Gasteiger partial charge in [0.1, 0.15) is 5.82 Å². The lowest BCUT2D eigenvalue weighted by atomic mass is 9.69. The average Bonchev–Trinajstić information content (AvgIpc) is 2.98. The van der Waals surface area contributed by atoms with Crippen LogP contribution in [0.2, 0.25) is 0 Å². The summed E-state index contributed by atoms with van der Waals surface area (Å²) in [5.41, 5.74) is 1.58. The van der Waals surface area contributed by atoms with Crippen LogP contribution in [0.15, 0.2) is 12.1 Å². The maximum atomic E-state index is 4.64. The summed E-state index contributed by atoms with van der Waals surface area (Å²) in [7, 11) is 0. The number of nitrogens with one attached hydrogen (secondary N) is 1. The second kappa shape index (κ2) is 3.96. The standard InChI is InChI=1S/C16H23N5/c1-10-18-19-14-6-5-13(20-21(10)14)17-12-9-11-7-8-16(12,4)15(11,2)3/h5-6,11-12H,7-9H2,1-4H3,(H,17,20). The molecule has 3 unspecified atom stereocenters. The van der Waals surface area contributed by atoms with Gasteiger partial charge in [-0.3, -0.25) is 0 Å². The van der Waals surface area contributed by atoms with Gasteiger partial charge < -0.3 is 5.32 Å². The van der Waals surface area contributed by atoms with Gasteiger partial charge in [0.15, 0.2) is 11.5 Å². The normalized spacial score (nSPS) is 33.7. The fourth-order valence-corrected chi connectivity index (χ4v) is 4.57. The molecule has 1 N–H and O–H groups in total. The van der Waals surface area contributed by atoms with Crippen molar-refractivity contribution >= 4 is 11.5 Å². The molecule has 0 aromatic carbocycles. The lowest BCUT2D eigenvalue weighted by Crippen LogP contribution is -2.40. The fraction of sp³-hybridized carbons (Fsp3) is 0.688. The van der Waals surface area contributed by atoms with Crippen LogP contribution >= 0.6 is 0 Å². The molecule has 0 amide bonds. The van der Waals surface area contributed by atoms with E-state index in [9.17, 15) is 0 Å². The molecule has 2 aliphatic carbocycles. The molecule has 2 bridgehead atoms. The van der Waals surface area contributed by atoms with Crippen LogP contribution < -0.4 is 5.32 Å². The Bertz CT molecular complexity index is 704. The highest BCUT2D eigenvalue weighted by molar-refractivity contribution is 5.45. The first-order chi connectivity index (χ1) is 9.92. The Balaban J connectivity index is 1.65. The molecule has 2 aromatic rings. The Hall–Kier alpha value is -1.65. The summed E-state index contributed by atoms with van der Waals surface area (Å²) < 4.78 is 1.81. The molecule has 5 heteroatoms. The summed E-state index contributed by atoms with van der Waals surface area (Å²) in [5, 5.41) is 16.5. The molecule has 0 aliphatic heterocycles. The van der Waals surface area contributed by atoms with Gasteiger partial charge in [0.25, 0.3) is 0 Å². The van der Waals surface area contributed by atoms with Crippen LogP contribution in [-0.2, 0) is 0 Å². The molecule has 5 nitrogen and oxygen atoms in total. The quantitative estimate of drug-likeness (QED) is 0.921. The smallest absolute Gasteiger partial charge is 0.178 e. The lowest BCUT2D eigenvalue weighted by Gasteiger charge is -2.39. The van der Waals surface area contributed by atoms with Crippen molar-refractivity contribution in [1.29, 1.82) is 0 Å². The average molecular weight is 285 g/mol. The minimum Gasteiger partial charge on any atom is -0.365 e. The topological polar surface area (TPSA) is 55.1 Å². The largest absolute Gasteiger partial charge is 0.365 e. The van der Waals surface area contributed by atoms with Gasteiger partial charge in [-0.1, -0.05) is 20.8 Å². The molecular weight excluding hydrogens is 262 g/mol. The van der Waals surface area contributed by atoms with Gasteiger partial charge >= 0.3 is 0 Å². The molecular formula is C16H23N5. The molecule has 2 saturated carbocycles. The Morgan fingerprint density at radius 2 is 2.05 bits per heavy atom. The van der Waals surface area contributed by atoms with Crippen molar-refractivity contribution in [3.8, 4) is 0 Å². The first kappa shape index (κ1) is 13.0. The maximum Gasteiger partial charge on any atom is 0.178 e. The zero-order chi connectivity index (χ0) is 14.8. The van der Waals surface area contributed by atoms with Crippen LogP contribution in [0.3, 0.4) is 0 Å². The molecule has 4 rings (SSSR count). The molecule has 2 aliphatic rings. The van der Waals surface area contributed by atoms with Crippen molar-refractivity contribution in [2.75, 3.05) is 5.32 Å². The molecule has 2 heterocycles. The predicted octanol–water partition coefficient (Wildman–Crippen LogP) is 3.06. The molecule has 0 radical (unpaired) electrons. The number of rotatable bonds is 2. The molecule has 2 fully saturated rings. The van der Waals surface area contributed by atoms with E-state index in [0.29, 0.717) is 16.9 Å². The predicted molar refractivity (Wildman–Crippen MR) is 82.2 cm³/mol. The third-order valence-electron chi connectivity index (χ3n) is 6.53. The first-order valence-electron chi connectivity index (χ1n) is 7.87. The van der Waals surface area contributed by atoms with Crippen molar-refractivity contribution in [2.24, 2.45) is 16.7 Å². The highest BCUT2D eigenvalue weighted by atomic mass is 15.4. The number of anilines is 1. The van der Waals surface area contributed by atoms with E-state index in [1.807, 2.05) is 23.6 Å². The van der Waals surface area contributed by atoms with E-state index in [2.05, 4.69) is 41.4 Å². The van der Waals surface area contributed by atoms with Gasteiger partial charge in [0.05, 0.1) is 0 Å². The highest BCUT2D eigenvalue weighted by Crippen LogP contribution is 2.65. The zero-order valence-corrected chi connectivity index (χ0v) is 13.2. The van der Waals surface area contributed by atoms with Crippen molar-refractivity contribution in [1.82, 2.24) is 19.8 Å². The van der Waals surface area contributed by atoms with Gasteiger partial charge in [0.2, 0.25) is 0 Å². The minimum atomic E-state index is 0.358. The van der Waals surface area contributed by atoms with Crippen LogP contribution in [0.5, 0.6) is 0 Å². The van der Waals surface area contributed by atoms with E-state index < -0.39 is 0 Å². The molecule has 0 saturated heterocycles. The number of aromatic nitrogens is 4. The molecule has 3 atom stereocenters. The van der Waals surface area contributed by atoms with Gasteiger partial charge in [0, 0.05) is 6.04 Å². The van der Waals surface area contributed by atoms with Crippen molar-refractivity contribution < 1.29 is 0 Å². The van der Waals surface area contributed by atoms with Crippen LogP contribution in [0.25, 0.3) is 5.65 Å². The minimum absolute atomic E-state index is 0.358. The van der Waals surface area contributed by atoms with E-state index in [0.717, 1.165) is 23.2 Å². The molecule has 0 spiro atoms. The summed E-state index contributed by atoms with van der Waals surface area (Å²) in [5.74, 6) is 2.59. The SMILES string of the molecule is Cc1nnc2ccc(NC3CC4CCC3(C)C4(C)C)nn12. The summed E-state index contributed by atoms with van der Waals surface area (Å²) in [6, 6.07) is 4.51. The van der Waals surface area contributed by atoms with Gasteiger partial charge in [-0.2, -0.15) is 4.52 Å². The molecule has 21 heavy (non-hydrogen) atoms. The summed E-state index contributed by atoms with van der Waals surface area (Å²) in [6.45, 7) is 9.25. The Labute approximate surface area is 125 Å². The van der Waals surface area contributed by atoms with E-state index in [4.69, 9.17) is 0 Å². The fourth-order valence-electron chi connectivity index (χ4n) is 4.57. The van der Waals surface area contributed by atoms with Crippen molar-refractivity contribution in [2.45, 2.75) is 53.0 Å². The van der Waals surface area contributed by atoms with Crippen LogP contribution in [0.4, 0.5) is 5.82 Å². The zero-order valence-electron chi connectivity index (χ0n) is 13.2.